The molecular formula is C15H11N3. The van der Waals surface area contributed by atoms with Crippen LogP contribution in [-0.4, -0.2) is 12.1 Å². The lowest BCUT2D eigenvalue weighted by atomic mass is 10.1. The molecule has 0 radical (unpaired) electrons. The number of nitrogens with one attached hydrogen (secondary N) is 1. The Hall–Kier alpha value is -2.73. The average Bonchev–Trinajstić information content (AvgIpc) is 2.46. The van der Waals surface area contributed by atoms with Crippen molar-refractivity contribution < 1.29 is 0 Å². The smallest absolute Gasteiger partial charge is 0.151 e. The third kappa shape index (κ3) is 2.89. The minimum Gasteiger partial charge on any atom is -0.282 e. The number of amidine groups is 1. The first-order chi connectivity index (χ1) is 8.79. The molecule has 0 aliphatic carbocycles. The molecule has 2 rings (SSSR count). The third-order valence-corrected chi connectivity index (χ3v) is 2.41. The largest absolute Gasteiger partial charge is 0.282 e. The number of benzene rings is 2. The van der Waals surface area contributed by atoms with E-state index >= 15 is 0 Å². The second-order valence-corrected chi connectivity index (χ2v) is 3.71. The molecule has 2 aromatic rings. The molecular weight excluding hydrogens is 222 g/mol. The van der Waals surface area contributed by atoms with Crippen molar-refractivity contribution in [3.8, 4) is 6.07 Å². The maximum absolute atomic E-state index is 8.79. The summed E-state index contributed by atoms with van der Waals surface area (Å²) in [4.78, 5) is 4.09. The summed E-state index contributed by atoms with van der Waals surface area (Å²) >= 11 is 0. The summed E-state index contributed by atoms with van der Waals surface area (Å²) in [6, 6.07) is 18.5. The summed E-state index contributed by atoms with van der Waals surface area (Å²) in [5.41, 5.74) is 2.12. The second-order valence-electron chi connectivity index (χ2n) is 3.71. The Kier molecular flexibility index (Phi) is 3.62. The summed E-state index contributed by atoms with van der Waals surface area (Å²) < 4.78 is 0. The predicted molar refractivity (Wildman–Crippen MR) is 72.0 cm³/mol. The monoisotopic (exact) mass is 233 g/mol. The minimum absolute atomic E-state index is 0.149. The average molecular weight is 233 g/mol. The molecule has 0 amide bonds. The lowest BCUT2D eigenvalue weighted by Crippen LogP contribution is -1.96. The van der Waals surface area contributed by atoms with Crippen LogP contribution in [0.1, 0.15) is 16.7 Å². The normalized spacial score (nSPS) is 10.2. The fourth-order valence-corrected chi connectivity index (χ4v) is 1.49. The van der Waals surface area contributed by atoms with E-state index in [0.717, 1.165) is 5.56 Å². The Balaban J connectivity index is 2.18. The van der Waals surface area contributed by atoms with Gasteiger partial charge in [0.15, 0.2) is 5.84 Å². The van der Waals surface area contributed by atoms with Crippen molar-refractivity contribution in [2.24, 2.45) is 4.99 Å². The zero-order valence-corrected chi connectivity index (χ0v) is 9.67. The molecule has 0 aliphatic heterocycles. The standard InChI is InChI=1S/C15H11N3/c16-10-13-7-4-8-14(9-13)15(17)18-11-12-5-2-1-3-6-12/h1-9,11,17H. The van der Waals surface area contributed by atoms with E-state index in [0.29, 0.717) is 11.1 Å². The van der Waals surface area contributed by atoms with E-state index in [9.17, 15) is 0 Å². The first-order valence-electron chi connectivity index (χ1n) is 5.48. The highest BCUT2D eigenvalue weighted by atomic mass is 14.8. The minimum atomic E-state index is 0.149. The van der Waals surface area contributed by atoms with E-state index in [1.54, 1.807) is 30.5 Å². The van der Waals surface area contributed by atoms with Crippen molar-refractivity contribution in [3.05, 3.63) is 71.3 Å². The number of aliphatic imine (C=N–C) groups is 1. The van der Waals surface area contributed by atoms with Gasteiger partial charge in [0.25, 0.3) is 0 Å². The molecule has 0 heterocycles. The van der Waals surface area contributed by atoms with Crippen LogP contribution in [0.3, 0.4) is 0 Å². The SMILES string of the molecule is N#Cc1cccc(C(=N)N=Cc2ccccc2)c1. The van der Waals surface area contributed by atoms with Crippen molar-refractivity contribution in [2.75, 3.05) is 0 Å². The van der Waals surface area contributed by atoms with E-state index in [-0.39, 0.29) is 5.84 Å². The molecule has 0 spiro atoms. The summed E-state index contributed by atoms with van der Waals surface area (Å²) in [7, 11) is 0. The molecule has 0 atom stereocenters. The van der Waals surface area contributed by atoms with Crippen LogP contribution in [0.2, 0.25) is 0 Å². The van der Waals surface area contributed by atoms with Gasteiger partial charge in [0.2, 0.25) is 0 Å². The molecule has 0 aliphatic rings. The highest BCUT2D eigenvalue weighted by Crippen LogP contribution is 2.06. The highest BCUT2D eigenvalue weighted by Gasteiger charge is 1.99. The fourth-order valence-electron chi connectivity index (χ4n) is 1.49. The molecule has 0 fully saturated rings. The lowest BCUT2D eigenvalue weighted by Gasteiger charge is -1.98. The van der Waals surface area contributed by atoms with Gasteiger partial charge in [0.05, 0.1) is 11.6 Å². The van der Waals surface area contributed by atoms with Crippen LogP contribution >= 0.6 is 0 Å². The van der Waals surface area contributed by atoms with Crippen LogP contribution in [0, 0.1) is 16.7 Å². The lowest BCUT2D eigenvalue weighted by molar-refractivity contribution is 1.41. The molecule has 0 saturated carbocycles. The number of nitrogens with zero attached hydrogens (tertiary/aromatic N) is 2. The van der Waals surface area contributed by atoms with Crippen LogP contribution in [0.15, 0.2) is 59.6 Å². The van der Waals surface area contributed by atoms with Crippen molar-refractivity contribution in [1.29, 1.82) is 10.7 Å². The highest BCUT2D eigenvalue weighted by molar-refractivity contribution is 6.03. The van der Waals surface area contributed by atoms with E-state index in [1.807, 2.05) is 36.4 Å². The molecule has 0 bridgehead atoms. The molecule has 1 N–H and O–H groups in total. The van der Waals surface area contributed by atoms with Crippen molar-refractivity contribution in [3.63, 3.8) is 0 Å². The predicted octanol–water partition coefficient (Wildman–Crippen LogP) is 3.00. The van der Waals surface area contributed by atoms with Gasteiger partial charge in [0.1, 0.15) is 0 Å². The molecule has 86 valence electrons. The Morgan fingerprint density at radius 1 is 1.11 bits per heavy atom. The number of nitriles is 1. The fraction of sp³-hybridized carbons (Fsp3) is 0. The molecule has 0 unspecified atom stereocenters. The Bertz CT molecular complexity index is 622. The Morgan fingerprint density at radius 3 is 2.61 bits per heavy atom. The van der Waals surface area contributed by atoms with Gasteiger partial charge in [-0.15, -0.1) is 0 Å². The van der Waals surface area contributed by atoms with E-state index in [1.165, 1.54) is 0 Å². The summed E-state index contributed by atoms with van der Waals surface area (Å²) in [6.45, 7) is 0. The van der Waals surface area contributed by atoms with Crippen molar-refractivity contribution >= 4 is 12.1 Å². The quantitative estimate of drug-likeness (QED) is 0.629. The topological polar surface area (TPSA) is 60.0 Å². The van der Waals surface area contributed by atoms with Gasteiger partial charge in [-0.2, -0.15) is 5.26 Å². The first-order valence-corrected chi connectivity index (χ1v) is 5.48. The molecule has 18 heavy (non-hydrogen) atoms. The molecule has 0 saturated heterocycles. The van der Waals surface area contributed by atoms with Crippen LogP contribution < -0.4 is 0 Å². The van der Waals surface area contributed by atoms with Gasteiger partial charge in [-0.1, -0.05) is 42.5 Å². The Morgan fingerprint density at radius 2 is 1.89 bits per heavy atom. The molecule has 0 aromatic heterocycles. The molecule has 3 heteroatoms. The van der Waals surface area contributed by atoms with Gasteiger partial charge in [-0.25, -0.2) is 4.99 Å². The van der Waals surface area contributed by atoms with Gasteiger partial charge in [-0.05, 0) is 17.7 Å². The Labute approximate surface area is 106 Å². The zero-order chi connectivity index (χ0) is 12.8. The number of hydrogen-bond acceptors (Lipinski definition) is 2. The molecule has 3 nitrogen and oxygen atoms in total. The van der Waals surface area contributed by atoms with Crippen LogP contribution in [0.5, 0.6) is 0 Å². The number of hydrogen-bond donors (Lipinski definition) is 1. The maximum Gasteiger partial charge on any atom is 0.151 e. The maximum atomic E-state index is 8.79. The van der Waals surface area contributed by atoms with Crippen molar-refractivity contribution in [2.45, 2.75) is 0 Å². The third-order valence-electron chi connectivity index (χ3n) is 2.41. The van der Waals surface area contributed by atoms with Gasteiger partial charge in [0, 0.05) is 11.8 Å². The van der Waals surface area contributed by atoms with Crippen LogP contribution in [0.25, 0.3) is 0 Å². The zero-order valence-electron chi connectivity index (χ0n) is 9.67. The first kappa shape index (κ1) is 11.7. The summed E-state index contributed by atoms with van der Waals surface area (Å²) in [5, 5.41) is 16.6. The van der Waals surface area contributed by atoms with E-state index < -0.39 is 0 Å². The number of rotatable bonds is 2. The summed E-state index contributed by atoms with van der Waals surface area (Å²) in [6.07, 6.45) is 1.64. The second kappa shape index (κ2) is 5.55. The van der Waals surface area contributed by atoms with E-state index in [2.05, 4.69) is 4.99 Å². The van der Waals surface area contributed by atoms with E-state index in [4.69, 9.17) is 10.7 Å². The van der Waals surface area contributed by atoms with Gasteiger partial charge < -0.3 is 0 Å². The summed E-state index contributed by atoms with van der Waals surface area (Å²) in [5.74, 6) is 0.149. The van der Waals surface area contributed by atoms with Crippen LogP contribution in [-0.2, 0) is 0 Å². The van der Waals surface area contributed by atoms with Crippen molar-refractivity contribution in [1.82, 2.24) is 0 Å². The van der Waals surface area contributed by atoms with Gasteiger partial charge >= 0.3 is 0 Å². The molecule has 2 aromatic carbocycles. The van der Waals surface area contributed by atoms with Crippen LogP contribution in [0.4, 0.5) is 0 Å². The van der Waals surface area contributed by atoms with Gasteiger partial charge in [-0.3, -0.25) is 5.41 Å².